The van der Waals surface area contributed by atoms with Crippen molar-refractivity contribution in [2.24, 2.45) is 17.3 Å². The van der Waals surface area contributed by atoms with Gasteiger partial charge in [0.05, 0.1) is 6.04 Å². The second-order valence-corrected chi connectivity index (χ2v) is 14.7. The van der Waals surface area contributed by atoms with Gasteiger partial charge >= 0.3 is 6.09 Å². The summed E-state index contributed by atoms with van der Waals surface area (Å²) < 4.78 is 5.92. The number of likely N-dealkylation sites (tertiary alicyclic amines) is 1. The van der Waals surface area contributed by atoms with Gasteiger partial charge in [-0.2, -0.15) is 0 Å². The molecule has 1 saturated heterocycles. The molecule has 0 radical (unpaired) electrons. The summed E-state index contributed by atoms with van der Waals surface area (Å²) in [6, 6.07) is 23.4. The molecule has 7 nitrogen and oxygen atoms in total. The maximum absolute atomic E-state index is 13.4. The molecular formula is C36H48N3O4S+. The van der Waals surface area contributed by atoms with E-state index in [9.17, 15) is 14.7 Å². The number of quaternary nitrogens is 1. The molecule has 3 aromatic rings. The lowest BCUT2D eigenvalue weighted by molar-refractivity contribution is -0.972. The van der Waals surface area contributed by atoms with E-state index in [1.54, 1.807) is 11.8 Å². The molecule has 1 heterocycles. The van der Waals surface area contributed by atoms with Crippen molar-refractivity contribution in [2.75, 3.05) is 25.4 Å². The number of ether oxygens (including phenoxy) is 1. The summed E-state index contributed by atoms with van der Waals surface area (Å²) in [7, 11) is 0. The van der Waals surface area contributed by atoms with Gasteiger partial charge in [0.2, 0.25) is 0 Å². The van der Waals surface area contributed by atoms with E-state index in [0.717, 1.165) is 47.2 Å². The minimum Gasteiger partial charge on any atom is -0.445 e. The van der Waals surface area contributed by atoms with Crippen LogP contribution in [0.2, 0.25) is 0 Å². The Kier molecular flexibility index (Phi) is 10.5. The molecule has 3 N–H and O–H groups in total. The van der Waals surface area contributed by atoms with Gasteiger partial charge in [-0.3, -0.25) is 4.79 Å². The number of aliphatic hydroxyl groups excluding tert-OH is 1. The number of fused-ring (bicyclic) bond motifs is 2. The average Bonchev–Trinajstić information content (AvgIpc) is 3.02. The summed E-state index contributed by atoms with van der Waals surface area (Å²) >= 11 is 1.62. The number of nitrogens with zero attached hydrogens (tertiary/aromatic N) is 1. The smallest absolute Gasteiger partial charge is 0.407 e. The van der Waals surface area contributed by atoms with E-state index in [-0.39, 0.29) is 12.5 Å². The largest absolute Gasteiger partial charge is 0.445 e. The van der Waals surface area contributed by atoms with Gasteiger partial charge in [-0.1, -0.05) is 100 Å². The zero-order valence-electron chi connectivity index (χ0n) is 26.3. The van der Waals surface area contributed by atoms with Crippen molar-refractivity contribution in [3.63, 3.8) is 0 Å². The standard InChI is InChI=1S/C36H47N3O4S/c1-36(2,3)34(41)38-39(21-20-27-14-7-8-16-29(27)22-39)23-32(40)31(37-35(42)43-24-26-12-5-4-6-13-26)25-44-33-19-11-17-28-15-9-10-18-30(28)33/h4-6,9-13,15,17-19,27,29,31-32,40H,7-8,14,16,20-25H2,1-3H3,(H-,37,38,41,42)/p+1/t27-,29+,31+,32+,39?/m1/s1. The third-order valence-electron chi connectivity index (χ3n) is 9.28. The lowest BCUT2D eigenvalue weighted by atomic mass is 9.74. The number of hydrogen-bond donors (Lipinski definition) is 3. The summed E-state index contributed by atoms with van der Waals surface area (Å²) in [6.07, 6.45) is 4.48. The van der Waals surface area contributed by atoms with Crippen molar-refractivity contribution < 1.29 is 24.0 Å². The number of carbonyl (C=O) groups excluding carboxylic acids is 2. The number of nitrogens with one attached hydrogen (secondary N) is 2. The minimum atomic E-state index is -0.901. The number of alkyl carbamates (subject to hydrolysis) is 1. The Balaban J connectivity index is 1.35. The van der Waals surface area contributed by atoms with E-state index in [1.165, 1.54) is 19.3 Å². The molecular weight excluding hydrogens is 570 g/mol. The second-order valence-electron chi connectivity index (χ2n) is 13.7. The first-order valence-corrected chi connectivity index (χ1v) is 17.1. The number of thioether (sulfide) groups is 1. The van der Waals surface area contributed by atoms with Crippen molar-refractivity contribution in [3.8, 4) is 0 Å². The van der Waals surface area contributed by atoms with E-state index in [1.807, 2.05) is 69.3 Å². The maximum atomic E-state index is 13.4. The van der Waals surface area contributed by atoms with Crippen molar-refractivity contribution in [1.29, 1.82) is 0 Å². The third kappa shape index (κ3) is 8.34. The van der Waals surface area contributed by atoms with Crippen LogP contribution in [0.15, 0.2) is 77.7 Å². The van der Waals surface area contributed by atoms with Crippen LogP contribution >= 0.6 is 11.8 Å². The molecule has 1 saturated carbocycles. The van der Waals surface area contributed by atoms with Gasteiger partial charge in [-0.05, 0) is 41.2 Å². The maximum Gasteiger partial charge on any atom is 0.407 e. The van der Waals surface area contributed by atoms with Crippen LogP contribution < -0.4 is 10.7 Å². The molecule has 3 aromatic carbocycles. The Morgan fingerprint density at radius 1 is 0.955 bits per heavy atom. The molecule has 5 atom stereocenters. The van der Waals surface area contributed by atoms with Crippen LogP contribution in [0.25, 0.3) is 10.8 Å². The van der Waals surface area contributed by atoms with Gasteiger partial charge in [0.1, 0.15) is 32.3 Å². The molecule has 236 valence electrons. The fourth-order valence-corrected chi connectivity index (χ4v) is 7.89. The summed E-state index contributed by atoms with van der Waals surface area (Å²) in [4.78, 5) is 27.6. The monoisotopic (exact) mass is 618 g/mol. The molecule has 2 aliphatic rings. The molecule has 0 aromatic heterocycles. The Morgan fingerprint density at radius 3 is 2.43 bits per heavy atom. The summed E-state index contributed by atoms with van der Waals surface area (Å²) in [5.74, 6) is 1.64. The number of amides is 2. The van der Waals surface area contributed by atoms with Gasteiger partial charge in [-0.25, -0.2) is 14.8 Å². The average molecular weight is 619 g/mol. The Labute approximate surface area is 266 Å². The molecule has 2 fully saturated rings. The predicted molar refractivity (Wildman–Crippen MR) is 177 cm³/mol. The third-order valence-corrected chi connectivity index (χ3v) is 10.5. The number of rotatable bonds is 10. The van der Waals surface area contributed by atoms with Crippen molar-refractivity contribution in [2.45, 2.75) is 76.5 Å². The van der Waals surface area contributed by atoms with Crippen LogP contribution in [0, 0.1) is 17.3 Å². The SMILES string of the molecule is CC(C)(C)C(=O)N[N+]1(C[C@H](O)[C@H](CSc2cccc3ccccc23)NC(=O)OCc2ccccc2)CC[C@H]2CCCC[C@H]2C1. The number of piperidine rings is 1. The van der Waals surface area contributed by atoms with Gasteiger partial charge in [0.15, 0.2) is 0 Å². The molecule has 1 aliphatic heterocycles. The van der Waals surface area contributed by atoms with Crippen LogP contribution in [0.3, 0.4) is 0 Å². The highest BCUT2D eigenvalue weighted by Crippen LogP contribution is 2.39. The fraction of sp³-hybridized carbons (Fsp3) is 0.500. The highest BCUT2D eigenvalue weighted by molar-refractivity contribution is 7.99. The summed E-state index contributed by atoms with van der Waals surface area (Å²) in [6.45, 7) is 7.85. The number of hydrogen-bond acceptors (Lipinski definition) is 5. The zero-order valence-corrected chi connectivity index (χ0v) is 27.2. The second kappa shape index (κ2) is 14.4. The van der Waals surface area contributed by atoms with E-state index < -0.39 is 23.7 Å². The van der Waals surface area contributed by atoms with Crippen LogP contribution in [-0.4, -0.2) is 59.2 Å². The quantitative estimate of drug-likeness (QED) is 0.174. The Bertz CT molecular complexity index is 1410. The first-order chi connectivity index (χ1) is 21.1. The van der Waals surface area contributed by atoms with E-state index >= 15 is 0 Å². The highest BCUT2D eigenvalue weighted by Gasteiger charge is 2.46. The van der Waals surface area contributed by atoms with E-state index in [2.05, 4.69) is 35.0 Å². The lowest BCUT2D eigenvalue weighted by Crippen LogP contribution is -2.70. The molecule has 8 heteroatoms. The molecule has 2 amide bonds. The molecule has 0 spiro atoms. The molecule has 0 bridgehead atoms. The van der Waals surface area contributed by atoms with Crippen LogP contribution in [0.4, 0.5) is 4.79 Å². The van der Waals surface area contributed by atoms with Crippen LogP contribution in [0.1, 0.15) is 58.4 Å². The topological polar surface area (TPSA) is 87.7 Å². The number of aliphatic hydroxyl groups is 1. The first-order valence-electron chi connectivity index (χ1n) is 16.1. The molecule has 44 heavy (non-hydrogen) atoms. The Hall–Kier alpha value is -3.07. The Morgan fingerprint density at radius 2 is 1.66 bits per heavy atom. The van der Waals surface area contributed by atoms with Crippen molar-refractivity contribution in [1.82, 2.24) is 10.7 Å². The van der Waals surface area contributed by atoms with E-state index in [4.69, 9.17) is 4.74 Å². The summed E-state index contributed by atoms with van der Waals surface area (Å²) in [5.41, 5.74) is 3.72. The lowest BCUT2D eigenvalue weighted by Gasteiger charge is -2.49. The van der Waals surface area contributed by atoms with Crippen LogP contribution in [-0.2, 0) is 16.1 Å². The number of benzene rings is 3. The minimum absolute atomic E-state index is 0.0177. The summed E-state index contributed by atoms with van der Waals surface area (Å²) in [5, 5.41) is 17.2. The zero-order chi connectivity index (χ0) is 31.2. The molecule has 5 rings (SSSR count). The number of carbonyl (C=O) groups is 2. The normalized spacial score (nSPS) is 23.3. The van der Waals surface area contributed by atoms with Gasteiger partial charge in [0, 0.05) is 28.4 Å². The van der Waals surface area contributed by atoms with Crippen LogP contribution in [0.5, 0.6) is 0 Å². The molecule has 1 aliphatic carbocycles. The van der Waals surface area contributed by atoms with Crippen molar-refractivity contribution >= 4 is 34.5 Å². The van der Waals surface area contributed by atoms with Gasteiger partial charge < -0.3 is 15.2 Å². The predicted octanol–water partition coefficient (Wildman–Crippen LogP) is 6.69. The van der Waals surface area contributed by atoms with Gasteiger partial charge in [-0.15, -0.1) is 11.8 Å². The first kappa shape index (κ1) is 32.3. The van der Waals surface area contributed by atoms with E-state index in [0.29, 0.717) is 28.7 Å². The van der Waals surface area contributed by atoms with Crippen molar-refractivity contribution in [3.05, 3.63) is 78.4 Å². The highest BCUT2D eigenvalue weighted by atomic mass is 32.2. The fourth-order valence-electron chi connectivity index (χ4n) is 6.71. The van der Waals surface area contributed by atoms with Gasteiger partial charge in [0.25, 0.3) is 5.91 Å². The molecule has 1 unspecified atom stereocenters.